The van der Waals surface area contributed by atoms with E-state index in [4.69, 9.17) is 4.74 Å². The van der Waals surface area contributed by atoms with Gasteiger partial charge >= 0.3 is 0 Å². The van der Waals surface area contributed by atoms with Crippen LogP contribution in [0.3, 0.4) is 0 Å². The van der Waals surface area contributed by atoms with E-state index in [-0.39, 0.29) is 18.0 Å². The number of hydrazine groups is 1. The third kappa shape index (κ3) is 4.31. The Morgan fingerprint density at radius 2 is 1.63 bits per heavy atom. The van der Waals surface area contributed by atoms with Gasteiger partial charge < -0.3 is 10.1 Å². The molecule has 0 spiro atoms. The average Bonchev–Trinajstić information content (AvgIpc) is 3.21. The molecular weight excluding hydrogens is 340 g/mol. The van der Waals surface area contributed by atoms with Gasteiger partial charge in [-0.1, -0.05) is 30.3 Å². The maximum Gasteiger partial charge on any atom is 0.242 e. The third-order valence-electron chi connectivity index (χ3n) is 4.43. The molecule has 3 aromatic rings. The number of aromatic nitrogens is 1. The van der Waals surface area contributed by atoms with Crippen LogP contribution in [0.2, 0.25) is 0 Å². The minimum absolute atomic E-state index is 0.0660. The van der Waals surface area contributed by atoms with Crippen molar-refractivity contribution in [2.75, 3.05) is 5.32 Å². The molecule has 136 valence electrons. The van der Waals surface area contributed by atoms with Gasteiger partial charge in [0.1, 0.15) is 17.5 Å². The fraction of sp³-hybridized carbons (Fsp3) is 0.143. The summed E-state index contributed by atoms with van der Waals surface area (Å²) >= 11 is 0. The number of nitrogens with zero attached hydrogens (tertiary/aromatic N) is 1. The molecule has 2 aromatic carbocycles. The molecule has 6 nitrogen and oxygen atoms in total. The van der Waals surface area contributed by atoms with Crippen molar-refractivity contribution in [1.82, 2.24) is 15.8 Å². The molecule has 1 aliphatic rings. The van der Waals surface area contributed by atoms with Crippen LogP contribution in [-0.4, -0.2) is 16.9 Å². The van der Waals surface area contributed by atoms with Crippen molar-refractivity contribution in [3.05, 3.63) is 84.7 Å². The third-order valence-corrected chi connectivity index (χ3v) is 4.43. The molecule has 6 heteroatoms. The number of nitrogens with one attached hydrogen (secondary N) is 3. The summed E-state index contributed by atoms with van der Waals surface area (Å²) in [6, 6.07) is 20.8. The highest BCUT2D eigenvalue weighted by Crippen LogP contribution is 2.24. The fourth-order valence-corrected chi connectivity index (χ4v) is 3.01. The Balaban J connectivity index is 1.33. The lowest BCUT2D eigenvalue weighted by Gasteiger charge is -2.11. The zero-order chi connectivity index (χ0) is 18.5. The number of hydrogen-bond acceptors (Lipinski definition) is 5. The summed E-state index contributed by atoms with van der Waals surface area (Å²) in [6.45, 7) is 0. The standard InChI is InChI=1S/C21H20N4O2/c26-21(20-14-19(24-25-20)15-4-2-1-3-5-15)23-16-6-8-17(9-7-16)27-18-10-12-22-13-11-18/h1-13,19-20,24-25H,14H2,(H,23,26). The topological polar surface area (TPSA) is 75.3 Å². The molecule has 0 saturated carbocycles. The quantitative estimate of drug-likeness (QED) is 0.650. The van der Waals surface area contributed by atoms with E-state index in [0.717, 1.165) is 17.0 Å². The van der Waals surface area contributed by atoms with Gasteiger partial charge in [0.2, 0.25) is 5.91 Å². The van der Waals surface area contributed by atoms with Crippen molar-refractivity contribution in [1.29, 1.82) is 0 Å². The van der Waals surface area contributed by atoms with Gasteiger partial charge in [-0.25, -0.2) is 10.9 Å². The summed E-state index contributed by atoms with van der Waals surface area (Å²) in [5, 5.41) is 2.94. The maximum absolute atomic E-state index is 12.5. The van der Waals surface area contributed by atoms with Crippen molar-refractivity contribution in [3.63, 3.8) is 0 Å². The van der Waals surface area contributed by atoms with Gasteiger partial charge in [0.15, 0.2) is 0 Å². The monoisotopic (exact) mass is 360 g/mol. The molecule has 3 N–H and O–H groups in total. The molecule has 0 radical (unpaired) electrons. The Morgan fingerprint density at radius 1 is 0.926 bits per heavy atom. The molecule has 27 heavy (non-hydrogen) atoms. The summed E-state index contributed by atoms with van der Waals surface area (Å²) in [5.41, 5.74) is 8.16. The van der Waals surface area contributed by atoms with Gasteiger partial charge in [0.25, 0.3) is 0 Å². The predicted molar refractivity (Wildman–Crippen MR) is 103 cm³/mol. The van der Waals surface area contributed by atoms with E-state index in [1.54, 1.807) is 24.5 Å². The Labute approximate surface area is 157 Å². The zero-order valence-corrected chi connectivity index (χ0v) is 14.6. The summed E-state index contributed by atoms with van der Waals surface area (Å²) in [4.78, 5) is 16.5. The van der Waals surface area contributed by atoms with Gasteiger partial charge in [0, 0.05) is 24.1 Å². The summed E-state index contributed by atoms with van der Waals surface area (Å²) < 4.78 is 5.73. The number of amides is 1. The van der Waals surface area contributed by atoms with Gasteiger partial charge in [-0.15, -0.1) is 0 Å². The van der Waals surface area contributed by atoms with E-state index in [1.807, 2.05) is 42.5 Å². The number of carbonyl (C=O) groups is 1. The smallest absolute Gasteiger partial charge is 0.242 e. The first-order chi connectivity index (χ1) is 13.3. The van der Waals surface area contributed by atoms with E-state index in [0.29, 0.717) is 12.2 Å². The number of hydrogen-bond donors (Lipinski definition) is 3. The molecule has 1 saturated heterocycles. The zero-order valence-electron chi connectivity index (χ0n) is 14.6. The van der Waals surface area contributed by atoms with E-state index in [9.17, 15) is 4.79 Å². The number of benzene rings is 2. The second-order valence-corrected chi connectivity index (χ2v) is 6.34. The normalized spacial score (nSPS) is 18.8. The van der Waals surface area contributed by atoms with Crippen LogP contribution in [0.1, 0.15) is 18.0 Å². The molecule has 2 atom stereocenters. The van der Waals surface area contributed by atoms with Crippen LogP contribution in [0.25, 0.3) is 0 Å². The molecule has 2 unspecified atom stereocenters. The van der Waals surface area contributed by atoms with Crippen LogP contribution in [0, 0.1) is 0 Å². The van der Waals surface area contributed by atoms with Gasteiger partial charge in [-0.05, 0) is 48.4 Å². The van der Waals surface area contributed by atoms with E-state index in [2.05, 4.69) is 33.3 Å². The van der Waals surface area contributed by atoms with Crippen LogP contribution in [0.15, 0.2) is 79.1 Å². The van der Waals surface area contributed by atoms with Crippen LogP contribution < -0.4 is 20.9 Å². The molecule has 1 aliphatic heterocycles. The molecule has 4 rings (SSSR count). The lowest BCUT2D eigenvalue weighted by Crippen LogP contribution is -2.39. The summed E-state index contributed by atoms with van der Waals surface area (Å²) in [7, 11) is 0. The summed E-state index contributed by atoms with van der Waals surface area (Å²) in [5.74, 6) is 1.35. The number of ether oxygens (including phenoxy) is 1. The highest BCUT2D eigenvalue weighted by atomic mass is 16.5. The minimum atomic E-state index is -0.289. The number of anilines is 1. The molecule has 0 aliphatic carbocycles. The van der Waals surface area contributed by atoms with Crippen molar-refractivity contribution >= 4 is 11.6 Å². The molecular formula is C21H20N4O2. The lowest BCUT2D eigenvalue weighted by molar-refractivity contribution is -0.117. The second kappa shape index (κ2) is 7.99. The Bertz CT molecular complexity index is 885. The SMILES string of the molecule is O=C(Nc1ccc(Oc2ccncc2)cc1)C1CC(c2ccccc2)NN1. The highest BCUT2D eigenvalue weighted by molar-refractivity contribution is 5.95. The van der Waals surface area contributed by atoms with E-state index >= 15 is 0 Å². The molecule has 1 fully saturated rings. The molecule has 0 bridgehead atoms. The Hall–Kier alpha value is -3.22. The predicted octanol–water partition coefficient (Wildman–Crippen LogP) is 3.42. The second-order valence-electron chi connectivity index (χ2n) is 6.34. The maximum atomic E-state index is 12.5. The molecule has 2 heterocycles. The highest BCUT2D eigenvalue weighted by Gasteiger charge is 2.29. The van der Waals surface area contributed by atoms with E-state index in [1.165, 1.54) is 0 Å². The van der Waals surface area contributed by atoms with Crippen LogP contribution in [0.5, 0.6) is 11.5 Å². The van der Waals surface area contributed by atoms with Gasteiger partial charge in [-0.3, -0.25) is 9.78 Å². The van der Waals surface area contributed by atoms with Crippen molar-refractivity contribution < 1.29 is 9.53 Å². The average molecular weight is 360 g/mol. The summed E-state index contributed by atoms with van der Waals surface area (Å²) in [6.07, 6.45) is 4.05. The van der Waals surface area contributed by atoms with Crippen LogP contribution in [0.4, 0.5) is 5.69 Å². The molecule has 1 amide bonds. The van der Waals surface area contributed by atoms with Crippen molar-refractivity contribution in [2.24, 2.45) is 0 Å². The first kappa shape index (κ1) is 17.2. The van der Waals surface area contributed by atoms with Crippen LogP contribution >= 0.6 is 0 Å². The first-order valence-electron chi connectivity index (χ1n) is 8.83. The van der Waals surface area contributed by atoms with Crippen molar-refractivity contribution in [3.8, 4) is 11.5 Å². The Kier molecular flexibility index (Phi) is 5.09. The number of pyridine rings is 1. The lowest BCUT2D eigenvalue weighted by atomic mass is 10.0. The van der Waals surface area contributed by atoms with Gasteiger partial charge in [0.05, 0.1) is 0 Å². The van der Waals surface area contributed by atoms with Gasteiger partial charge in [-0.2, -0.15) is 0 Å². The fourth-order valence-electron chi connectivity index (χ4n) is 3.01. The van der Waals surface area contributed by atoms with Crippen LogP contribution in [-0.2, 0) is 4.79 Å². The number of rotatable bonds is 5. The first-order valence-corrected chi connectivity index (χ1v) is 8.83. The molecule has 1 aromatic heterocycles. The van der Waals surface area contributed by atoms with Crippen molar-refractivity contribution in [2.45, 2.75) is 18.5 Å². The Morgan fingerprint density at radius 3 is 2.37 bits per heavy atom. The minimum Gasteiger partial charge on any atom is -0.457 e. The van der Waals surface area contributed by atoms with E-state index < -0.39 is 0 Å². The number of carbonyl (C=O) groups excluding carboxylic acids is 1. The largest absolute Gasteiger partial charge is 0.457 e.